The highest BCUT2D eigenvalue weighted by molar-refractivity contribution is 5.09. The predicted molar refractivity (Wildman–Crippen MR) is 64.7 cm³/mol. The van der Waals surface area contributed by atoms with Gasteiger partial charge in [0.2, 0.25) is 0 Å². The van der Waals surface area contributed by atoms with E-state index in [1.165, 1.54) is 6.26 Å². The summed E-state index contributed by atoms with van der Waals surface area (Å²) in [6, 6.07) is 0. The van der Waals surface area contributed by atoms with Crippen molar-refractivity contribution in [1.82, 2.24) is 0 Å². The van der Waals surface area contributed by atoms with Crippen LogP contribution >= 0.6 is 0 Å². The number of hydrogen-bond donors (Lipinski definition) is 2. The van der Waals surface area contributed by atoms with Gasteiger partial charge >= 0.3 is 0 Å². The third-order valence-electron chi connectivity index (χ3n) is 1.58. The molecule has 0 saturated heterocycles. The van der Waals surface area contributed by atoms with Crippen LogP contribution in [0.5, 0.6) is 0 Å². The molecule has 3 heteroatoms. The molecular formula is C12H20N2O. The summed E-state index contributed by atoms with van der Waals surface area (Å²) in [4.78, 5) is 0. The van der Waals surface area contributed by atoms with Crippen molar-refractivity contribution >= 4 is 0 Å². The molecule has 84 valence electrons. The Kier molecular flexibility index (Phi) is 7.96. The summed E-state index contributed by atoms with van der Waals surface area (Å²) < 4.78 is 5.20. The molecular weight excluding hydrogens is 188 g/mol. The smallest absolute Gasteiger partial charge is 0.127 e. The Bertz CT molecular complexity index is 275. The van der Waals surface area contributed by atoms with Crippen LogP contribution in [-0.2, 0) is 4.74 Å². The second kappa shape index (κ2) is 8.94. The van der Waals surface area contributed by atoms with E-state index in [1.807, 2.05) is 38.2 Å². The van der Waals surface area contributed by atoms with Crippen LogP contribution in [0.4, 0.5) is 0 Å². The fraction of sp³-hybridized carbons (Fsp3) is 0.333. The van der Waals surface area contributed by atoms with Crippen molar-refractivity contribution in [3.63, 3.8) is 0 Å². The number of allylic oxidation sites excluding steroid dienone is 5. The first kappa shape index (κ1) is 13.4. The van der Waals surface area contributed by atoms with Gasteiger partial charge in [0.15, 0.2) is 0 Å². The highest BCUT2D eigenvalue weighted by Gasteiger charge is 1.89. The number of ether oxygens (including phenoxy) is 1. The molecule has 0 unspecified atom stereocenters. The van der Waals surface area contributed by atoms with E-state index in [2.05, 4.69) is 0 Å². The summed E-state index contributed by atoms with van der Waals surface area (Å²) in [6.45, 7) is 4.24. The summed E-state index contributed by atoms with van der Waals surface area (Å²) in [6.07, 6.45) is 11.7. The molecule has 0 amide bonds. The molecule has 15 heavy (non-hydrogen) atoms. The lowest BCUT2D eigenvalue weighted by Gasteiger charge is -2.02. The van der Waals surface area contributed by atoms with Crippen molar-refractivity contribution < 1.29 is 4.74 Å². The molecule has 0 aliphatic heterocycles. The molecule has 0 fully saturated rings. The summed E-state index contributed by atoms with van der Waals surface area (Å²) in [5, 5.41) is 0. The largest absolute Gasteiger partial charge is 0.493 e. The normalized spacial score (nSPS) is 14.0. The van der Waals surface area contributed by atoms with Gasteiger partial charge in [0.05, 0.1) is 0 Å². The zero-order valence-electron chi connectivity index (χ0n) is 9.44. The van der Waals surface area contributed by atoms with Gasteiger partial charge in [-0.2, -0.15) is 0 Å². The van der Waals surface area contributed by atoms with Crippen molar-refractivity contribution in [1.29, 1.82) is 0 Å². The molecule has 0 radical (unpaired) electrons. The lowest BCUT2D eigenvalue weighted by Crippen LogP contribution is -2.05. The maximum Gasteiger partial charge on any atom is 0.127 e. The van der Waals surface area contributed by atoms with Crippen molar-refractivity contribution in [3.8, 4) is 0 Å². The molecule has 0 aromatic rings. The Morgan fingerprint density at radius 2 is 1.87 bits per heavy atom. The fourth-order valence-corrected chi connectivity index (χ4v) is 0.815. The van der Waals surface area contributed by atoms with Crippen LogP contribution in [0.3, 0.4) is 0 Å². The molecule has 0 saturated carbocycles. The first-order valence-electron chi connectivity index (χ1n) is 4.95. The summed E-state index contributed by atoms with van der Waals surface area (Å²) in [7, 11) is 0. The molecule has 0 aliphatic carbocycles. The highest BCUT2D eigenvalue weighted by Crippen LogP contribution is 1.96. The molecule has 0 spiro atoms. The van der Waals surface area contributed by atoms with E-state index in [-0.39, 0.29) is 0 Å². The Balaban J connectivity index is 3.86. The fourth-order valence-electron chi connectivity index (χ4n) is 0.815. The Morgan fingerprint density at radius 1 is 1.13 bits per heavy atom. The molecule has 4 N–H and O–H groups in total. The minimum Gasteiger partial charge on any atom is -0.493 e. The average Bonchev–Trinajstić information content (AvgIpc) is 2.23. The second-order valence-corrected chi connectivity index (χ2v) is 3.04. The number of rotatable bonds is 6. The third-order valence-corrected chi connectivity index (χ3v) is 1.58. The molecule has 0 aromatic heterocycles. The number of nitrogens with two attached hydrogens (primary N) is 2. The summed E-state index contributed by atoms with van der Waals surface area (Å²) in [5.41, 5.74) is 12.7. The SMILES string of the molecule is C/C=C\C=C(\N)CO/C=C(\N)C/C=C\C. The first-order valence-corrected chi connectivity index (χ1v) is 4.95. The van der Waals surface area contributed by atoms with Crippen molar-refractivity contribution in [3.05, 3.63) is 48.0 Å². The van der Waals surface area contributed by atoms with Crippen molar-refractivity contribution in [2.75, 3.05) is 6.61 Å². The van der Waals surface area contributed by atoms with Crippen molar-refractivity contribution in [2.45, 2.75) is 20.3 Å². The van der Waals surface area contributed by atoms with E-state index >= 15 is 0 Å². The van der Waals surface area contributed by atoms with E-state index in [1.54, 1.807) is 6.08 Å². The molecule has 0 heterocycles. The van der Waals surface area contributed by atoms with E-state index in [9.17, 15) is 0 Å². The molecule has 0 rings (SSSR count). The van der Waals surface area contributed by atoms with Crippen molar-refractivity contribution in [2.24, 2.45) is 11.5 Å². The standard InChI is InChI=1S/C12H20N2O/c1-3-5-7-11(13)9-15-10-12(14)8-6-4-2/h3-7,10H,8-9,13-14H2,1-2H3/b5-3-,6-4-,11-7+,12-10-. The second-order valence-electron chi connectivity index (χ2n) is 3.04. The topological polar surface area (TPSA) is 61.3 Å². The van der Waals surface area contributed by atoms with Crippen LogP contribution in [-0.4, -0.2) is 6.61 Å². The molecule has 0 aliphatic rings. The number of hydrogen-bond acceptors (Lipinski definition) is 3. The molecule has 0 aromatic carbocycles. The third kappa shape index (κ3) is 8.68. The van der Waals surface area contributed by atoms with E-state index < -0.39 is 0 Å². The molecule has 0 bridgehead atoms. The van der Waals surface area contributed by atoms with E-state index in [0.717, 1.165) is 0 Å². The lowest BCUT2D eigenvalue weighted by molar-refractivity contribution is 0.275. The van der Waals surface area contributed by atoms with Gasteiger partial charge in [-0.3, -0.25) is 0 Å². The highest BCUT2D eigenvalue weighted by atomic mass is 16.5. The maximum atomic E-state index is 5.66. The minimum atomic E-state index is 0.362. The van der Waals surface area contributed by atoms with Gasteiger partial charge < -0.3 is 16.2 Å². The minimum absolute atomic E-state index is 0.362. The maximum absolute atomic E-state index is 5.66. The first-order chi connectivity index (χ1) is 7.20. The van der Waals surface area contributed by atoms with E-state index in [0.29, 0.717) is 24.4 Å². The van der Waals surface area contributed by atoms with Gasteiger partial charge in [0.1, 0.15) is 12.9 Å². The molecule has 3 nitrogen and oxygen atoms in total. The van der Waals surface area contributed by atoms with Gasteiger partial charge in [-0.1, -0.05) is 24.3 Å². The Morgan fingerprint density at radius 3 is 2.47 bits per heavy atom. The quantitative estimate of drug-likeness (QED) is 0.399. The Labute approximate surface area is 91.8 Å². The zero-order chi connectivity index (χ0) is 11.5. The van der Waals surface area contributed by atoms with Gasteiger partial charge in [0.25, 0.3) is 0 Å². The summed E-state index contributed by atoms with van der Waals surface area (Å²) in [5.74, 6) is 0. The van der Waals surface area contributed by atoms with Gasteiger partial charge in [-0.25, -0.2) is 0 Å². The van der Waals surface area contributed by atoms with Crippen LogP contribution in [0, 0.1) is 0 Å². The van der Waals surface area contributed by atoms with Crippen LogP contribution in [0.25, 0.3) is 0 Å². The van der Waals surface area contributed by atoms with Crippen LogP contribution in [0.1, 0.15) is 20.3 Å². The van der Waals surface area contributed by atoms with Gasteiger partial charge in [-0.05, 0) is 19.9 Å². The summed E-state index contributed by atoms with van der Waals surface area (Å²) >= 11 is 0. The molecule has 0 atom stereocenters. The Hall–Kier alpha value is -1.64. The van der Waals surface area contributed by atoms with Crippen LogP contribution < -0.4 is 11.5 Å². The van der Waals surface area contributed by atoms with Crippen LogP contribution in [0.15, 0.2) is 48.0 Å². The van der Waals surface area contributed by atoms with Gasteiger partial charge in [-0.15, -0.1) is 0 Å². The van der Waals surface area contributed by atoms with E-state index in [4.69, 9.17) is 16.2 Å². The average molecular weight is 208 g/mol. The lowest BCUT2D eigenvalue weighted by atomic mass is 10.3. The van der Waals surface area contributed by atoms with Gasteiger partial charge in [0, 0.05) is 17.8 Å². The zero-order valence-corrected chi connectivity index (χ0v) is 9.44. The van der Waals surface area contributed by atoms with Crippen LogP contribution in [0.2, 0.25) is 0 Å². The predicted octanol–water partition coefficient (Wildman–Crippen LogP) is 2.19. The monoisotopic (exact) mass is 208 g/mol.